The molecule has 156 valence electrons. The number of carbonyl (C=O) groups is 1. The van der Waals surface area contributed by atoms with Crippen molar-refractivity contribution in [1.82, 2.24) is 14.5 Å². The number of allylic oxidation sites excluding steroid dienone is 1. The minimum absolute atomic E-state index is 0.210. The number of sulfonamides is 1. The van der Waals surface area contributed by atoms with Crippen molar-refractivity contribution in [2.45, 2.75) is 50.5 Å². The number of carbonyl (C=O) groups excluding carboxylic acids is 1. The highest BCUT2D eigenvalue weighted by molar-refractivity contribution is 7.89. The van der Waals surface area contributed by atoms with E-state index >= 15 is 0 Å². The van der Waals surface area contributed by atoms with Gasteiger partial charge in [-0.25, -0.2) is 17.8 Å². The summed E-state index contributed by atoms with van der Waals surface area (Å²) in [5.74, 6) is -0.228. The molecular weight excluding hydrogens is 390 g/mol. The van der Waals surface area contributed by atoms with E-state index < -0.39 is 15.4 Å². The molecule has 0 atom stereocenters. The molecule has 7 nitrogen and oxygen atoms in total. The van der Waals surface area contributed by atoms with Gasteiger partial charge in [0.1, 0.15) is 0 Å². The van der Waals surface area contributed by atoms with E-state index in [0.29, 0.717) is 32.3 Å². The number of rotatable bonds is 7. The van der Waals surface area contributed by atoms with Crippen molar-refractivity contribution in [3.05, 3.63) is 54.9 Å². The lowest BCUT2D eigenvalue weighted by Gasteiger charge is -2.36. The second kappa shape index (κ2) is 8.92. The van der Waals surface area contributed by atoms with Gasteiger partial charge in [0, 0.05) is 18.4 Å². The third-order valence-electron chi connectivity index (χ3n) is 5.28. The van der Waals surface area contributed by atoms with Gasteiger partial charge in [-0.2, -0.15) is 5.10 Å². The number of hydrogen-bond donors (Lipinski definition) is 1. The van der Waals surface area contributed by atoms with E-state index in [4.69, 9.17) is 4.74 Å². The molecule has 0 amide bonds. The highest BCUT2D eigenvalue weighted by Crippen LogP contribution is 2.39. The fraction of sp³-hybridized carbons (Fsp3) is 0.429. The molecule has 0 spiro atoms. The summed E-state index contributed by atoms with van der Waals surface area (Å²) in [7, 11) is -3.64. The van der Waals surface area contributed by atoms with Gasteiger partial charge in [-0.1, -0.05) is 12.2 Å². The normalized spacial score (nSPS) is 22.6. The Morgan fingerprint density at radius 1 is 1.31 bits per heavy atom. The van der Waals surface area contributed by atoms with Crippen molar-refractivity contribution < 1.29 is 17.9 Å². The van der Waals surface area contributed by atoms with Gasteiger partial charge in [0.25, 0.3) is 0 Å². The van der Waals surface area contributed by atoms with Crippen LogP contribution in [0.15, 0.2) is 59.8 Å². The third-order valence-corrected chi connectivity index (χ3v) is 6.82. The lowest BCUT2D eigenvalue weighted by atomic mass is 9.72. The molecule has 0 unspecified atom stereocenters. The van der Waals surface area contributed by atoms with Crippen molar-refractivity contribution in [2.75, 3.05) is 6.61 Å². The van der Waals surface area contributed by atoms with Crippen LogP contribution in [0.3, 0.4) is 0 Å². The van der Waals surface area contributed by atoms with Crippen LogP contribution in [0.5, 0.6) is 0 Å². The van der Waals surface area contributed by atoms with Crippen LogP contribution >= 0.6 is 0 Å². The van der Waals surface area contributed by atoms with E-state index in [1.54, 1.807) is 54.3 Å². The number of aromatic nitrogens is 2. The van der Waals surface area contributed by atoms with Crippen LogP contribution in [0, 0.1) is 5.41 Å². The monoisotopic (exact) mass is 417 g/mol. The summed E-state index contributed by atoms with van der Waals surface area (Å²) < 4.78 is 35.3. The Morgan fingerprint density at radius 2 is 2.00 bits per heavy atom. The Hall–Kier alpha value is -2.45. The summed E-state index contributed by atoms with van der Waals surface area (Å²) in [6, 6.07) is 8.19. The molecule has 1 aromatic heterocycles. The summed E-state index contributed by atoms with van der Waals surface area (Å²) in [5, 5.41) is 4.14. The van der Waals surface area contributed by atoms with E-state index in [1.165, 1.54) is 0 Å². The number of ether oxygens (including phenoxy) is 1. The van der Waals surface area contributed by atoms with Crippen LogP contribution < -0.4 is 4.72 Å². The molecule has 1 aromatic carbocycles. The molecule has 1 N–H and O–H groups in total. The molecule has 0 saturated heterocycles. The molecule has 0 radical (unpaired) electrons. The van der Waals surface area contributed by atoms with Gasteiger partial charge in [-0.15, -0.1) is 0 Å². The molecule has 3 rings (SSSR count). The Morgan fingerprint density at radius 3 is 2.55 bits per heavy atom. The first-order valence-electron chi connectivity index (χ1n) is 9.84. The van der Waals surface area contributed by atoms with Gasteiger partial charge in [-0.05, 0) is 69.9 Å². The maximum atomic E-state index is 12.8. The average Bonchev–Trinajstić information content (AvgIpc) is 3.25. The molecule has 0 aliphatic heterocycles. The van der Waals surface area contributed by atoms with Crippen molar-refractivity contribution in [3.63, 3.8) is 0 Å². The van der Waals surface area contributed by atoms with E-state index in [9.17, 15) is 13.2 Å². The van der Waals surface area contributed by atoms with Gasteiger partial charge < -0.3 is 4.74 Å². The van der Waals surface area contributed by atoms with Crippen molar-refractivity contribution in [3.8, 4) is 5.69 Å². The number of nitrogens with zero attached hydrogens (tertiary/aromatic N) is 2. The molecule has 0 bridgehead atoms. The zero-order chi connectivity index (χ0) is 20.9. The number of benzene rings is 1. The minimum atomic E-state index is -3.64. The zero-order valence-corrected chi connectivity index (χ0v) is 17.6. The van der Waals surface area contributed by atoms with Crippen molar-refractivity contribution in [2.24, 2.45) is 5.41 Å². The number of nitrogens with one attached hydrogen (secondary N) is 1. The van der Waals surface area contributed by atoms with Crippen LogP contribution in [0.4, 0.5) is 0 Å². The quantitative estimate of drug-likeness (QED) is 0.552. The largest absolute Gasteiger partial charge is 0.465 e. The summed E-state index contributed by atoms with van der Waals surface area (Å²) in [5.41, 5.74) is 0.134. The molecular formula is C21H27N3O4S. The summed E-state index contributed by atoms with van der Waals surface area (Å²) in [6.45, 7) is 4.00. The highest BCUT2D eigenvalue weighted by atomic mass is 32.2. The topological polar surface area (TPSA) is 90.3 Å². The molecule has 8 heteroatoms. The van der Waals surface area contributed by atoms with E-state index in [1.807, 2.05) is 19.1 Å². The second-order valence-electron chi connectivity index (χ2n) is 7.22. The van der Waals surface area contributed by atoms with Crippen LogP contribution in [-0.2, 0) is 19.6 Å². The standard InChI is InChI=1S/C21H27N3O4S/c1-3-12-21(20(25)28-4-2)13-10-17(11-14-21)23-29(26,27)19-8-6-18(7-9-19)24-16-5-15-22-24/h3,5-9,12,15-17,23H,4,10-11,13-14H2,1-2H3. The predicted octanol–water partition coefficient (Wildman–Crippen LogP) is 3.22. The Balaban J connectivity index is 1.66. The van der Waals surface area contributed by atoms with Gasteiger partial charge in [0.15, 0.2) is 0 Å². The van der Waals surface area contributed by atoms with Crippen molar-refractivity contribution in [1.29, 1.82) is 0 Å². The number of hydrogen-bond acceptors (Lipinski definition) is 5. The van der Waals surface area contributed by atoms with Crippen LogP contribution in [0.25, 0.3) is 5.69 Å². The van der Waals surface area contributed by atoms with E-state index in [0.717, 1.165) is 5.69 Å². The second-order valence-corrected chi connectivity index (χ2v) is 8.93. The van der Waals surface area contributed by atoms with E-state index in [-0.39, 0.29) is 16.9 Å². The average molecular weight is 418 g/mol. The molecule has 1 aliphatic carbocycles. The highest BCUT2D eigenvalue weighted by Gasteiger charge is 2.41. The SMILES string of the molecule is CC=CC1(C(=O)OCC)CCC(NS(=O)(=O)c2ccc(-n3cccn3)cc2)CC1. The predicted molar refractivity (Wildman–Crippen MR) is 110 cm³/mol. The fourth-order valence-electron chi connectivity index (χ4n) is 3.77. The Bertz CT molecular complexity index is 942. The van der Waals surface area contributed by atoms with Crippen LogP contribution in [-0.4, -0.2) is 36.8 Å². The first kappa shape index (κ1) is 21.3. The van der Waals surface area contributed by atoms with Gasteiger partial charge in [0.2, 0.25) is 10.0 Å². The van der Waals surface area contributed by atoms with Gasteiger partial charge in [-0.3, -0.25) is 4.79 Å². The molecule has 1 saturated carbocycles. The summed E-state index contributed by atoms with van der Waals surface area (Å²) in [4.78, 5) is 12.6. The summed E-state index contributed by atoms with van der Waals surface area (Å²) >= 11 is 0. The maximum absolute atomic E-state index is 12.8. The molecule has 1 aliphatic rings. The van der Waals surface area contributed by atoms with Gasteiger partial charge >= 0.3 is 5.97 Å². The fourth-order valence-corrected chi connectivity index (χ4v) is 5.08. The summed E-state index contributed by atoms with van der Waals surface area (Å²) in [6.07, 6.45) is 9.49. The first-order chi connectivity index (χ1) is 13.9. The molecule has 29 heavy (non-hydrogen) atoms. The molecule has 2 aromatic rings. The lowest BCUT2D eigenvalue weighted by molar-refractivity contribution is -0.154. The van der Waals surface area contributed by atoms with Crippen molar-refractivity contribution >= 4 is 16.0 Å². The lowest BCUT2D eigenvalue weighted by Crippen LogP contribution is -2.43. The van der Waals surface area contributed by atoms with Crippen LogP contribution in [0.2, 0.25) is 0 Å². The Kier molecular flexibility index (Phi) is 6.54. The zero-order valence-electron chi connectivity index (χ0n) is 16.7. The smallest absolute Gasteiger partial charge is 0.315 e. The number of esters is 1. The minimum Gasteiger partial charge on any atom is -0.465 e. The van der Waals surface area contributed by atoms with Gasteiger partial charge in [0.05, 0.1) is 22.6 Å². The van der Waals surface area contributed by atoms with E-state index in [2.05, 4.69) is 9.82 Å². The first-order valence-corrected chi connectivity index (χ1v) is 11.3. The molecule has 1 heterocycles. The molecule has 1 fully saturated rings. The maximum Gasteiger partial charge on any atom is 0.315 e. The Labute approximate surface area is 171 Å². The third kappa shape index (κ3) is 4.76. The van der Waals surface area contributed by atoms with Crippen LogP contribution in [0.1, 0.15) is 39.5 Å².